The number of aromatic nitrogens is 2. The van der Waals surface area contributed by atoms with E-state index in [4.69, 9.17) is 9.15 Å². The lowest BCUT2D eigenvalue weighted by molar-refractivity contribution is -0.135. The summed E-state index contributed by atoms with van der Waals surface area (Å²) in [4.78, 5) is 15.6. The second-order valence-electron chi connectivity index (χ2n) is 9.75. The Hall–Kier alpha value is -2.21. The van der Waals surface area contributed by atoms with E-state index in [0.29, 0.717) is 24.2 Å². The van der Waals surface area contributed by atoms with Gasteiger partial charge in [-0.25, -0.2) is 0 Å². The predicted molar refractivity (Wildman–Crippen MR) is 117 cm³/mol. The SMILES string of the molecule is Cc1ccc(-c2nnc(C3CN(C(=O)C4CCCCCC4)CC34CCOCC4)o2)cc1. The van der Waals surface area contributed by atoms with Crippen molar-refractivity contribution in [3.8, 4) is 11.5 Å². The zero-order valence-electron chi connectivity index (χ0n) is 18.5. The van der Waals surface area contributed by atoms with Crippen LogP contribution < -0.4 is 0 Å². The molecule has 1 saturated carbocycles. The molecular weight excluding hydrogens is 390 g/mol. The number of carbonyl (C=O) groups excluding carboxylic acids is 1. The van der Waals surface area contributed by atoms with Gasteiger partial charge in [0.1, 0.15) is 0 Å². The second kappa shape index (κ2) is 8.73. The van der Waals surface area contributed by atoms with Crippen LogP contribution >= 0.6 is 0 Å². The molecule has 2 aliphatic heterocycles. The fraction of sp³-hybridized carbons (Fsp3) is 0.640. The van der Waals surface area contributed by atoms with Crippen molar-refractivity contribution in [1.29, 1.82) is 0 Å². The molecule has 1 spiro atoms. The van der Waals surface area contributed by atoms with Gasteiger partial charge < -0.3 is 14.1 Å². The third-order valence-corrected chi connectivity index (χ3v) is 7.69. The molecule has 3 fully saturated rings. The molecular formula is C25H33N3O3. The monoisotopic (exact) mass is 423 g/mol. The molecule has 3 heterocycles. The second-order valence-corrected chi connectivity index (χ2v) is 9.75. The number of benzene rings is 1. The highest BCUT2D eigenvalue weighted by molar-refractivity contribution is 5.79. The first kappa shape index (κ1) is 20.7. The Morgan fingerprint density at radius 3 is 2.45 bits per heavy atom. The van der Waals surface area contributed by atoms with Gasteiger partial charge in [-0.3, -0.25) is 4.79 Å². The molecule has 1 aliphatic carbocycles. The first-order valence-electron chi connectivity index (χ1n) is 11.9. The molecule has 2 aromatic rings. The highest BCUT2D eigenvalue weighted by Gasteiger charge is 2.52. The standard InChI is InChI=1S/C25H33N3O3/c1-18-8-10-19(11-9-18)22-26-27-23(31-22)21-16-28(17-25(21)12-14-30-15-13-25)24(29)20-6-4-2-3-5-7-20/h8-11,20-21H,2-7,12-17H2,1H3. The van der Waals surface area contributed by atoms with Crippen LogP contribution in [-0.2, 0) is 9.53 Å². The van der Waals surface area contributed by atoms with E-state index in [2.05, 4.69) is 34.2 Å². The van der Waals surface area contributed by atoms with Crippen molar-refractivity contribution in [3.63, 3.8) is 0 Å². The molecule has 5 rings (SSSR count). The van der Waals surface area contributed by atoms with E-state index in [-0.39, 0.29) is 17.3 Å². The Morgan fingerprint density at radius 2 is 1.74 bits per heavy atom. The number of hydrogen-bond acceptors (Lipinski definition) is 5. The van der Waals surface area contributed by atoms with Gasteiger partial charge in [-0.05, 0) is 44.7 Å². The van der Waals surface area contributed by atoms with Gasteiger partial charge in [0.05, 0.1) is 5.92 Å². The number of rotatable bonds is 3. The van der Waals surface area contributed by atoms with E-state index in [0.717, 1.165) is 51.0 Å². The van der Waals surface area contributed by atoms with E-state index in [1.54, 1.807) is 0 Å². The summed E-state index contributed by atoms with van der Waals surface area (Å²) < 4.78 is 11.9. The van der Waals surface area contributed by atoms with Crippen LogP contribution in [0, 0.1) is 18.3 Å². The van der Waals surface area contributed by atoms with Crippen LogP contribution in [0.3, 0.4) is 0 Å². The van der Waals surface area contributed by atoms with E-state index >= 15 is 0 Å². The van der Waals surface area contributed by atoms with E-state index < -0.39 is 0 Å². The van der Waals surface area contributed by atoms with Crippen LogP contribution in [-0.4, -0.2) is 47.3 Å². The zero-order chi connectivity index (χ0) is 21.3. The van der Waals surface area contributed by atoms with E-state index in [1.165, 1.54) is 31.2 Å². The van der Waals surface area contributed by atoms with Crippen molar-refractivity contribution in [2.45, 2.75) is 64.2 Å². The molecule has 1 aromatic heterocycles. The van der Waals surface area contributed by atoms with Crippen LogP contribution in [0.25, 0.3) is 11.5 Å². The van der Waals surface area contributed by atoms with Crippen molar-refractivity contribution >= 4 is 5.91 Å². The average molecular weight is 424 g/mol. The van der Waals surface area contributed by atoms with Gasteiger partial charge in [-0.15, -0.1) is 10.2 Å². The normalized spacial score (nSPS) is 24.4. The summed E-state index contributed by atoms with van der Waals surface area (Å²) in [7, 11) is 0. The Labute approximate surface area is 184 Å². The third-order valence-electron chi connectivity index (χ3n) is 7.69. The lowest BCUT2D eigenvalue weighted by Gasteiger charge is -2.36. The number of nitrogens with zero attached hydrogens (tertiary/aromatic N) is 3. The molecule has 166 valence electrons. The topological polar surface area (TPSA) is 68.5 Å². The van der Waals surface area contributed by atoms with Crippen LogP contribution in [0.5, 0.6) is 0 Å². The van der Waals surface area contributed by atoms with Crippen LogP contribution in [0.2, 0.25) is 0 Å². The summed E-state index contributed by atoms with van der Waals surface area (Å²) in [5.74, 6) is 1.84. The summed E-state index contributed by atoms with van der Waals surface area (Å²) in [6, 6.07) is 8.16. The Bertz CT molecular complexity index is 893. The molecule has 1 atom stereocenters. The molecule has 6 nitrogen and oxygen atoms in total. The van der Waals surface area contributed by atoms with Crippen molar-refractivity contribution in [2.24, 2.45) is 11.3 Å². The molecule has 1 amide bonds. The van der Waals surface area contributed by atoms with Crippen molar-refractivity contribution < 1.29 is 13.9 Å². The molecule has 2 saturated heterocycles. The maximum Gasteiger partial charge on any atom is 0.247 e. The predicted octanol–water partition coefficient (Wildman–Crippen LogP) is 4.74. The molecule has 3 aliphatic rings. The highest BCUT2D eigenvalue weighted by atomic mass is 16.5. The molecule has 6 heteroatoms. The Morgan fingerprint density at radius 1 is 1.03 bits per heavy atom. The fourth-order valence-electron chi connectivity index (χ4n) is 5.73. The van der Waals surface area contributed by atoms with Crippen LogP contribution in [0.4, 0.5) is 0 Å². The number of likely N-dealkylation sites (tertiary alicyclic amines) is 1. The van der Waals surface area contributed by atoms with Crippen molar-refractivity contribution in [2.75, 3.05) is 26.3 Å². The molecule has 0 radical (unpaired) electrons. The van der Waals surface area contributed by atoms with Crippen molar-refractivity contribution in [3.05, 3.63) is 35.7 Å². The summed E-state index contributed by atoms with van der Waals surface area (Å²) >= 11 is 0. The highest BCUT2D eigenvalue weighted by Crippen LogP contribution is 2.50. The van der Waals surface area contributed by atoms with Gasteiger partial charge in [0.2, 0.25) is 17.7 Å². The van der Waals surface area contributed by atoms with E-state index in [9.17, 15) is 4.79 Å². The minimum absolute atomic E-state index is 0.0181. The minimum atomic E-state index is -0.0181. The number of hydrogen-bond donors (Lipinski definition) is 0. The quantitative estimate of drug-likeness (QED) is 0.667. The molecule has 1 aromatic carbocycles. The first-order chi connectivity index (χ1) is 15.1. The molecule has 31 heavy (non-hydrogen) atoms. The Kier molecular flexibility index (Phi) is 5.83. The molecule has 0 N–H and O–H groups in total. The van der Waals surface area contributed by atoms with Gasteiger partial charge in [0.15, 0.2) is 0 Å². The summed E-state index contributed by atoms with van der Waals surface area (Å²) in [5, 5.41) is 8.83. The molecule has 1 unspecified atom stereocenters. The maximum atomic E-state index is 13.4. The zero-order valence-corrected chi connectivity index (χ0v) is 18.5. The number of carbonyl (C=O) groups is 1. The summed E-state index contributed by atoms with van der Waals surface area (Å²) in [6.07, 6.45) is 8.83. The maximum absolute atomic E-state index is 13.4. The summed E-state index contributed by atoms with van der Waals surface area (Å²) in [5.41, 5.74) is 2.12. The third kappa shape index (κ3) is 4.14. The van der Waals surface area contributed by atoms with Gasteiger partial charge in [-0.2, -0.15) is 0 Å². The molecule has 0 bridgehead atoms. The minimum Gasteiger partial charge on any atom is -0.420 e. The number of aryl methyl sites for hydroxylation is 1. The largest absolute Gasteiger partial charge is 0.420 e. The van der Waals surface area contributed by atoms with Crippen LogP contribution in [0.15, 0.2) is 28.7 Å². The first-order valence-corrected chi connectivity index (χ1v) is 11.9. The van der Waals surface area contributed by atoms with Gasteiger partial charge in [0, 0.05) is 43.2 Å². The van der Waals surface area contributed by atoms with Crippen LogP contribution in [0.1, 0.15) is 68.7 Å². The van der Waals surface area contributed by atoms with Gasteiger partial charge in [-0.1, -0.05) is 43.4 Å². The van der Waals surface area contributed by atoms with Crippen molar-refractivity contribution in [1.82, 2.24) is 15.1 Å². The Balaban J connectivity index is 1.40. The lowest BCUT2D eigenvalue weighted by Crippen LogP contribution is -2.39. The van der Waals surface area contributed by atoms with Gasteiger partial charge in [0.25, 0.3) is 0 Å². The average Bonchev–Trinajstić information content (AvgIpc) is 3.30. The van der Waals surface area contributed by atoms with Gasteiger partial charge >= 0.3 is 0 Å². The smallest absolute Gasteiger partial charge is 0.247 e. The van der Waals surface area contributed by atoms with E-state index in [1.807, 2.05) is 12.1 Å². The number of ether oxygens (including phenoxy) is 1. The lowest BCUT2D eigenvalue weighted by atomic mass is 9.72. The number of amides is 1. The summed E-state index contributed by atoms with van der Waals surface area (Å²) in [6.45, 7) is 5.02. The fourth-order valence-corrected chi connectivity index (χ4v) is 5.73.